The molecule has 0 aliphatic rings. The highest BCUT2D eigenvalue weighted by molar-refractivity contribution is 14.0. The van der Waals surface area contributed by atoms with Gasteiger partial charge in [0, 0.05) is 39.4 Å². The van der Waals surface area contributed by atoms with Crippen LogP contribution in [0.15, 0.2) is 29.4 Å². The highest BCUT2D eigenvalue weighted by Crippen LogP contribution is 2.06. The average molecular weight is 492 g/mol. The zero-order valence-electron chi connectivity index (χ0n) is 16.7. The summed E-state index contributed by atoms with van der Waals surface area (Å²) in [6.45, 7) is 8.24. The van der Waals surface area contributed by atoms with Gasteiger partial charge in [-0.25, -0.2) is 9.78 Å². The number of carbonyl (C=O) groups is 1. The van der Waals surface area contributed by atoms with E-state index in [0.717, 1.165) is 31.7 Å². The molecule has 0 aliphatic carbocycles. The summed E-state index contributed by atoms with van der Waals surface area (Å²) in [5, 5.41) is 12.4. The number of ether oxygens (including phenoxy) is 1. The number of amides is 1. The molecular weight excluding hydrogens is 459 g/mol. The fourth-order valence-corrected chi connectivity index (χ4v) is 2.02. The Morgan fingerprint density at radius 3 is 2.37 bits per heavy atom. The van der Waals surface area contributed by atoms with Crippen molar-refractivity contribution in [1.29, 1.82) is 0 Å². The van der Waals surface area contributed by atoms with Crippen molar-refractivity contribution < 1.29 is 9.53 Å². The minimum absolute atomic E-state index is 0. The van der Waals surface area contributed by atoms with Crippen molar-refractivity contribution in [2.75, 3.05) is 38.5 Å². The van der Waals surface area contributed by atoms with Gasteiger partial charge in [0.05, 0.1) is 0 Å². The molecule has 0 saturated heterocycles. The number of nitrogens with one attached hydrogen (secondary N) is 4. The Balaban J connectivity index is 0.00000676. The largest absolute Gasteiger partial charge is 0.444 e. The summed E-state index contributed by atoms with van der Waals surface area (Å²) in [5.74, 6) is 1.61. The highest BCUT2D eigenvalue weighted by atomic mass is 127. The molecular formula is C18H33IN6O2. The van der Waals surface area contributed by atoms with Gasteiger partial charge in [-0.1, -0.05) is 6.07 Å². The summed E-state index contributed by atoms with van der Waals surface area (Å²) >= 11 is 0. The normalized spacial score (nSPS) is 11.2. The SMILES string of the molecule is CN=C(NCCCCNc1ccccn1)NCCNC(=O)OC(C)(C)C.I. The zero-order chi connectivity index (χ0) is 19.3. The molecule has 1 aromatic heterocycles. The quantitative estimate of drug-likeness (QED) is 0.183. The molecule has 0 spiro atoms. The first-order valence-corrected chi connectivity index (χ1v) is 8.97. The molecule has 4 N–H and O–H groups in total. The van der Waals surface area contributed by atoms with E-state index in [9.17, 15) is 4.79 Å². The Morgan fingerprint density at radius 1 is 1.07 bits per heavy atom. The number of aliphatic imine (C=N–C) groups is 1. The molecule has 0 fully saturated rings. The predicted octanol–water partition coefficient (Wildman–Crippen LogP) is 2.58. The fraction of sp³-hybridized carbons (Fsp3) is 0.611. The lowest BCUT2D eigenvalue weighted by Crippen LogP contribution is -2.42. The first kappa shape index (κ1) is 25.2. The molecule has 1 heterocycles. The average Bonchev–Trinajstić information content (AvgIpc) is 2.59. The molecule has 0 saturated carbocycles. The smallest absolute Gasteiger partial charge is 0.407 e. The monoisotopic (exact) mass is 492 g/mol. The Bertz CT molecular complexity index is 549. The molecule has 0 aliphatic heterocycles. The van der Waals surface area contributed by atoms with Crippen LogP contribution in [0.2, 0.25) is 0 Å². The van der Waals surface area contributed by atoms with E-state index < -0.39 is 11.7 Å². The van der Waals surface area contributed by atoms with E-state index >= 15 is 0 Å². The van der Waals surface area contributed by atoms with Crippen molar-refractivity contribution in [3.05, 3.63) is 24.4 Å². The van der Waals surface area contributed by atoms with Gasteiger partial charge in [0.2, 0.25) is 0 Å². The minimum Gasteiger partial charge on any atom is -0.444 e. The topological polar surface area (TPSA) is 99.7 Å². The number of unbranched alkanes of at least 4 members (excludes halogenated alkanes) is 1. The number of nitrogens with zero attached hydrogens (tertiary/aromatic N) is 2. The van der Waals surface area contributed by atoms with E-state index in [1.807, 2.05) is 39.0 Å². The predicted molar refractivity (Wildman–Crippen MR) is 121 cm³/mol. The van der Waals surface area contributed by atoms with E-state index in [1.165, 1.54) is 0 Å². The van der Waals surface area contributed by atoms with Gasteiger partial charge in [-0.2, -0.15) is 0 Å². The van der Waals surface area contributed by atoms with Crippen LogP contribution in [-0.4, -0.2) is 55.9 Å². The lowest BCUT2D eigenvalue weighted by molar-refractivity contribution is 0.0529. The summed E-state index contributed by atoms with van der Waals surface area (Å²) < 4.78 is 5.17. The molecule has 0 unspecified atom stereocenters. The third-order valence-electron chi connectivity index (χ3n) is 3.18. The second-order valence-electron chi connectivity index (χ2n) is 6.70. The standard InChI is InChI=1S/C18H32N6O2.HI/c1-18(2,3)26-17(25)24-14-13-23-16(19-4)22-12-8-7-11-21-15-9-5-6-10-20-15;/h5-6,9-10H,7-8,11-14H2,1-4H3,(H,20,21)(H,24,25)(H2,19,22,23);1H. The molecule has 1 rings (SSSR count). The Morgan fingerprint density at radius 2 is 1.74 bits per heavy atom. The second-order valence-corrected chi connectivity index (χ2v) is 6.70. The van der Waals surface area contributed by atoms with E-state index in [0.29, 0.717) is 19.0 Å². The summed E-state index contributed by atoms with van der Waals surface area (Å²) in [6, 6.07) is 5.82. The number of aromatic nitrogens is 1. The Kier molecular flexibility index (Phi) is 13.4. The fourth-order valence-electron chi connectivity index (χ4n) is 2.02. The van der Waals surface area contributed by atoms with Crippen molar-refractivity contribution in [1.82, 2.24) is 20.9 Å². The van der Waals surface area contributed by atoms with Crippen molar-refractivity contribution >= 4 is 41.8 Å². The second kappa shape index (κ2) is 14.3. The number of guanidine groups is 1. The van der Waals surface area contributed by atoms with Gasteiger partial charge in [0.1, 0.15) is 11.4 Å². The van der Waals surface area contributed by atoms with E-state index in [-0.39, 0.29) is 24.0 Å². The van der Waals surface area contributed by atoms with Crippen LogP contribution in [0.3, 0.4) is 0 Å². The molecule has 0 bridgehead atoms. The van der Waals surface area contributed by atoms with Crippen LogP contribution >= 0.6 is 24.0 Å². The van der Waals surface area contributed by atoms with Crippen LogP contribution in [0, 0.1) is 0 Å². The van der Waals surface area contributed by atoms with Crippen LogP contribution in [0.1, 0.15) is 33.6 Å². The maximum atomic E-state index is 11.5. The number of hydrogen-bond acceptors (Lipinski definition) is 5. The van der Waals surface area contributed by atoms with Crippen LogP contribution in [-0.2, 0) is 4.74 Å². The maximum Gasteiger partial charge on any atom is 0.407 e. The number of hydrogen-bond donors (Lipinski definition) is 4. The number of carbonyl (C=O) groups excluding carboxylic acids is 1. The van der Waals surface area contributed by atoms with Gasteiger partial charge in [-0.3, -0.25) is 4.99 Å². The molecule has 27 heavy (non-hydrogen) atoms. The number of alkyl carbamates (subject to hydrolysis) is 1. The van der Waals surface area contributed by atoms with Gasteiger partial charge in [-0.15, -0.1) is 24.0 Å². The number of halogens is 1. The highest BCUT2D eigenvalue weighted by Gasteiger charge is 2.15. The summed E-state index contributed by atoms with van der Waals surface area (Å²) in [5.41, 5.74) is -0.486. The number of anilines is 1. The van der Waals surface area contributed by atoms with Crippen LogP contribution in [0.4, 0.5) is 10.6 Å². The molecule has 0 aromatic carbocycles. The van der Waals surface area contributed by atoms with Crippen molar-refractivity contribution in [2.45, 2.75) is 39.2 Å². The van der Waals surface area contributed by atoms with Crippen molar-refractivity contribution in [3.63, 3.8) is 0 Å². The van der Waals surface area contributed by atoms with Crippen LogP contribution in [0.5, 0.6) is 0 Å². The summed E-state index contributed by atoms with van der Waals surface area (Å²) in [4.78, 5) is 19.9. The Labute approximate surface area is 179 Å². The number of rotatable bonds is 9. The van der Waals surface area contributed by atoms with E-state index in [4.69, 9.17) is 4.74 Å². The van der Waals surface area contributed by atoms with Gasteiger partial charge < -0.3 is 26.0 Å². The maximum absolute atomic E-state index is 11.5. The van der Waals surface area contributed by atoms with Crippen LogP contribution < -0.4 is 21.3 Å². The molecule has 1 amide bonds. The molecule has 9 heteroatoms. The molecule has 0 radical (unpaired) electrons. The van der Waals surface area contributed by atoms with Crippen molar-refractivity contribution in [3.8, 4) is 0 Å². The molecule has 0 atom stereocenters. The number of pyridine rings is 1. The third-order valence-corrected chi connectivity index (χ3v) is 3.18. The van der Waals surface area contributed by atoms with Gasteiger partial charge >= 0.3 is 6.09 Å². The third kappa shape index (κ3) is 14.0. The van der Waals surface area contributed by atoms with E-state index in [2.05, 4.69) is 31.2 Å². The Hall–Kier alpha value is -1.78. The van der Waals surface area contributed by atoms with Gasteiger partial charge in [-0.05, 0) is 45.7 Å². The molecule has 1 aromatic rings. The lowest BCUT2D eigenvalue weighted by Gasteiger charge is -2.19. The molecule has 8 nitrogen and oxygen atoms in total. The zero-order valence-corrected chi connectivity index (χ0v) is 19.0. The lowest BCUT2D eigenvalue weighted by atomic mass is 10.2. The first-order valence-electron chi connectivity index (χ1n) is 8.97. The summed E-state index contributed by atoms with van der Waals surface area (Å²) in [6.07, 6.45) is 3.40. The first-order chi connectivity index (χ1) is 12.4. The van der Waals surface area contributed by atoms with E-state index in [1.54, 1.807) is 13.2 Å². The molecule has 154 valence electrons. The summed E-state index contributed by atoms with van der Waals surface area (Å²) in [7, 11) is 1.72. The van der Waals surface area contributed by atoms with Crippen molar-refractivity contribution in [2.24, 2.45) is 4.99 Å². The minimum atomic E-state index is -0.486. The van der Waals surface area contributed by atoms with Gasteiger partial charge in [0.25, 0.3) is 0 Å². The van der Waals surface area contributed by atoms with Crippen LogP contribution in [0.25, 0.3) is 0 Å². The van der Waals surface area contributed by atoms with Gasteiger partial charge in [0.15, 0.2) is 5.96 Å².